The van der Waals surface area contributed by atoms with Gasteiger partial charge in [-0.25, -0.2) is 0 Å². The lowest BCUT2D eigenvalue weighted by molar-refractivity contribution is -0.240. The third-order valence-corrected chi connectivity index (χ3v) is 5.53. The molecule has 5 heteroatoms. The molecule has 0 bridgehead atoms. The van der Waals surface area contributed by atoms with Crippen LogP contribution in [0.4, 0.5) is 0 Å². The molecule has 2 heterocycles. The molecule has 0 aromatic rings. The molecule has 4 atom stereocenters. The highest BCUT2D eigenvalue weighted by Crippen LogP contribution is 2.52. The molecular formula is C16H26N2O3. The highest BCUT2D eigenvalue weighted by atomic mass is 16.7. The largest absolute Gasteiger partial charge is 0.405 e. The summed E-state index contributed by atoms with van der Waals surface area (Å²) in [6.45, 7) is 6.55. The van der Waals surface area contributed by atoms with E-state index >= 15 is 0 Å². The van der Waals surface area contributed by atoms with Crippen LogP contribution in [0.5, 0.6) is 0 Å². The highest BCUT2D eigenvalue weighted by molar-refractivity contribution is 5.87. The molecule has 1 aliphatic carbocycles. The van der Waals surface area contributed by atoms with Gasteiger partial charge in [0, 0.05) is 13.0 Å². The number of amides is 1. The van der Waals surface area contributed by atoms with Crippen LogP contribution in [0.15, 0.2) is 11.8 Å². The highest BCUT2D eigenvalue weighted by Gasteiger charge is 2.63. The van der Waals surface area contributed by atoms with Crippen molar-refractivity contribution in [1.82, 2.24) is 9.96 Å². The summed E-state index contributed by atoms with van der Waals surface area (Å²) >= 11 is 0. The van der Waals surface area contributed by atoms with E-state index in [1.54, 1.807) is 6.08 Å². The molecule has 3 rings (SSSR count). The minimum absolute atomic E-state index is 0.0817. The summed E-state index contributed by atoms with van der Waals surface area (Å²) in [4.78, 5) is 20.5. The van der Waals surface area contributed by atoms with Crippen molar-refractivity contribution in [3.05, 3.63) is 11.8 Å². The lowest BCUT2D eigenvalue weighted by atomic mass is 9.69. The first-order valence-corrected chi connectivity index (χ1v) is 7.98. The molecule has 21 heavy (non-hydrogen) atoms. The number of rotatable bonds is 2. The van der Waals surface area contributed by atoms with Crippen molar-refractivity contribution in [3.8, 4) is 0 Å². The van der Waals surface area contributed by atoms with Gasteiger partial charge in [0.05, 0.1) is 0 Å². The van der Waals surface area contributed by atoms with Gasteiger partial charge in [-0.15, -0.1) is 5.06 Å². The summed E-state index contributed by atoms with van der Waals surface area (Å²) in [6.07, 6.45) is 5.01. The minimum Gasteiger partial charge on any atom is -0.405 e. The van der Waals surface area contributed by atoms with Gasteiger partial charge in [0.25, 0.3) is 0 Å². The fourth-order valence-corrected chi connectivity index (χ4v) is 4.54. The van der Waals surface area contributed by atoms with Crippen LogP contribution in [0.1, 0.15) is 40.0 Å². The van der Waals surface area contributed by atoms with E-state index in [1.807, 2.05) is 17.0 Å². The number of carbonyl (C=O) groups is 1. The Labute approximate surface area is 126 Å². The van der Waals surface area contributed by atoms with Gasteiger partial charge < -0.3 is 14.8 Å². The fraction of sp³-hybridized carbons (Fsp3) is 0.812. The fourth-order valence-electron chi connectivity index (χ4n) is 4.54. The van der Waals surface area contributed by atoms with E-state index in [4.69, 9.17) is 4.84 Å². The standard InChI is InChI=1S/C16H26N2O3/c1-10(2)13-6-5-11(3)8-16(13)17(4)15(20)14-7-12(9-19)21-18(14)16/h7,10-11,13-14,19H,5-6,8-9H2,1-4H3/t11-,13+,14+,16+/m1/s1. The predicted octanol–water partition coefficient (Wildman–Crippen LogP) is 1.74. The molecule has 1 amide bonds. The molecule has 0 aromatic carbocycles. The Morgan fingerprint density at radius 1 is 1.48 bits per heavy atom. The van der Waals surface area contributed by atoms with Gasteiger partial charge in [0.2, 0.25) is 5.91 Å². The topological polar surface area (TPSA) is 53.0 Å². The van der Waals surface area contributed by atoms with Gasteiger partial charge in [-0.1, -0.05) is 27.2 Å². The van der Waals surface area contributed by atoms with Crippen LogP contribution in [0.2, 0.25) is 0 Å². The quantitative estimate of drug-likeness (QED) is 0.843. The van der Waals surface area contributed by atoms with Crippen molar-refractivity contribution in [2.45, 2.75) is 51.7 Å². The average Bonchev–Trinajstić information content (AvgIpc) is 2.95. The SMILES string of the molecule is CC(C)[C@@H]1CC[C@@H](C)C[C@@]12N(C)C(=O)[C@@H]1C=C(CO)ON12. The summed E-state index contributed by atoms with van der Waals surface area (Å²) in [7, 11) is 1.91. The number of nitrogens with zero attached hydrogens (tertiary/aromatic N) is 2. The Kier molecular flexibility index (Phi) is 3.53. The van der Waals surface area contributed by atoms with E-state index in [-0.39, 0.29) is 24.2 Å². The third-order valence-electron chi connectivity index (χ3n) is 5.53. The van der Waals surface area contributed by atoms with Gasteiger partial charge >= 0.3 is 0 Å². The molecule has 1 saturated carbocycles. The molecule has 1 spiro atoms. The lowest BCUT2D eigenvalue weighted by Gasteiger charge is -2.52. The molecule has 1 saturated heterocycles. The number of fused-ring (bicyclic) bond motifs is 2. The van der Waals surface area contributed by atoms with Crippen LogP contribution in [-0.4, -0.2) is 46.3 Å². The zero-order valence-electron chi connectivity index (χ0n) is 13.4. The number of aliphatic hydroxyl groups excluding tert-OH is 1. The van der Waals surface area contributed by atoms with Crippen LogP contribution in [0, 0.1) is 17.8 Å². The van der Waals surface area contributed by atoms with E-state index in [0.717, 1.165) is 12.8 Å². The summed E-state index contributed by atoms with van der Waals surface area (Å²) in [6, 6.07) is -0.372. The number of hydroxylamine groups is 2. The zero-order valence-corrected chi connectivity index (χ0v) is 13.4. The first-order chi connectivity index (χ1) is 9.91. The molecule has 0 aromatic heterocycles. The van der Waals surface area contributed by atoms with Gasteiger partial charge in [-0.2, -0.15) is 0 Å². The third kappa shape index (κ3) is 1.94. The van der Waals surface area contributed by atoms with Gasteiger partial charge in [0.15, 0.2) is 0 Å². The summed E-state index contributed by atoms with van der Waals surface area (Å²) < 4.78 is 0. The Bertz CT molecular complexity index is 476. The smallest absolute Gasteiger partial charge is 0.248 e. The number of hydrogen-bond donors (Lipinski definition) is 1. The van der Waals surface area contributed by atoms with Crippen LogP contribution in [-0.2, 0) is 9.63 Å². The van der Waals surface area contributed by atoms with Crippen molar-refractivity contribution in [2.75, 3.05) is 13.7 Å². The van der Waals surface area contributed by atoms with Crippen LogP contribution >= 0.6 is 0 Å². The predicted molar refractivity (Wildman–Crippen MR) is 78.7 cm³/mol. The molecule has 118 valence electrons. The monoisotopic (exact) mass is 294 g/mol. The van der Waals surface area contributed by atoms with Crippen LogP contribution in [0.25, 0.3) is 0 Å². The number of hydrogen-bond acceptors (Lipinski definition) is 4. The average molecular weight is 294 g/mol. The number of likely N-dealkylation sites (N-methyl/N-ethyl adjacent to an activating group) is 1. The van der Waals surface area contributed by atoms with E-state index in [2.05, 4.69) is 20.8 Å². The summed E-state index contributed by atoms with van der Waals surface area (Å²) in [5.74, 6) is 2.02. The molecule has 1 N–H and O–H groups in total. The Morgan fingerprint density at radius 2 is 2.19 bits per heavy atom. The second-order valence-electron chi connectivity index (χ2n) is 7.17. The normalized spacial score (nSPS) is 39.9. The first-order valence-electron chi connectivity index (χ1n) is 7.98. The Morgan fingerprint density at radius 3 is 2.81 bits per heavy atom. The maximum absolute atomic E-state index is 12.7. The molecule has 0 radical (unpaired) electrons. The second-order valence-corrected chi connectivity index (χ2v) is 7.17. The van der Waals surface area contributed by atoms with Crippen molar-refractivity contribution >= 4 is 5.91 Å². The van der Waals surface area contributed by atoms with Crippen LogP contribution < -0.4 is 0 Å². The molecule has 2 fully saturated rings. The van der Waals surface area contributed by atoms with Crippen molar-refractivity contribution < 1.29 is 14.7 Å². The van der Waals surface area contributed by atoms with E-state index in [0.29, 0.717) is 23.5 Å². The van der Waals surface area contributed by atoms with Crippen molar-refractivity contribution in [1.29, 1.82) is 0 Å². The molecule has 0 unspecified atom stereocenters. The minimum atomic E-state index is -0.374. The van der Waals surface area contributed by atoms with Crippen molar-refractivity contribution in [3.63, 3.8) is 0 Å². The van der Waals surface area contributed by atoms with Crippen LogP contribution in [0.3, 0.4) is 0 Å². The Balaban J connectivity index is 2.03. The summed E-state index contributed by atoms with van der Waals surface area (Å²) in [5, 5.41) is 11.2. The van der Waals surface area contributed by atoms with Gasteiger partial charge in [0.1, 0.15) is 24.1 Å². The van der Waals surface area contributed by atoms with Gasteiger partial charge in [-0.3, -0.25) is 4.79 Å². The summed E-state index contributed by atoms with van der Waals surface area (Å²) in [5.41, 5.74) is -0.374. The molecule has 3 aliphatic rings. The molecule has 2 aliphatic heterocycles. The van der Waals surface area contributed by atoms with Gasteiger partial charge in [-0.05, 0) is 30.8 Å². The molecular weight excluding hydrogens is 268 g/mol. The number of aliphatic hydroxyl groups is 1. The van der Waals surface area contributed by atoms with E-state index in [9.17, 15) is 9.90 Å². The number of carbonyl (C=O) groups excluding carboxylic acids is 1. The van der Waals surface area contributed by atoms with E-state index in [1.165, 1.54) is 6.42 Å². The Hall–Kier alpha value is -1.07. The lowest BCUT2D eigenvalue weighted by Crippen LogP contribution is -2.61. The maximum atomic E-state index is 12.7. The zero-order chi connectivity index (χ0) is 15.4. The first kappa shape index (κ1) is 14.9. The van der Waals surface area contributed by atoms with E-state index < -0.39 is 0 Å². The van der Waals surface area contributed by atoms with Crippen molar-refractivity contribution in [2.24, 2.45) is 17.8 Å². The molecule has 5 nitrogen and oxygen atoms in total. The maximum Gasteiger partial charge on any atom is 0.248 e. The second kappa shape index (κ2) is 4.99.